The van der Waals surface area contributed by atoms with Crippen molar-refractivity contribution in [3.63, 3.8) is 0 Å². The number of benzene rings is 1. The lowest BCUT2D eigenvalue weighted by Gasteiger charge is -2.29. The summed E-state index contributed by atoms with van der Waals surface area (Å²) < 4.78 is 11.5. The number of hydrogen-bond donors (Lipinski definition) is 2. The third kappa shape index (κ3) is 4.48. The molecule has 1 aromatic heterocycles. The maximum Gasteiger partial charge on any atom is 0.335 e. The van der Waals surface area contributed by atoms with Gasteiger partial charge in [-0.3, -0.25) is 10.2 Å². The smallest absolute Gasteiger partial charge is 0.335 e. The summed E-state index contributed by atoms with van der Waals surface area (Å²) in [5.74, 6) is 1.74. The molecule has 7 nitrogen and oxygen atoms in total. The van der Waals surface area contributed by atoms with Crippen molar-refractivity contribution in [2.24, 2.45) is 5.92 Å². The molecule has 0 spiro atoms. The second-order valence-corrected chi connectivity index (χ2v) is 8.81. The Morgan fingerprint density at radius 3 is 2.86 bits per heavy atom. The molecule has 0 radical (unpaired) electrons. The average Bonchev–Trinajstić information content (AvgIpc) is 3.15. The predicted molar refractivity (Wildman–Crippen MR) is 110 cm³/mol. The van der Waals surface area contributed by atoms with Crippen LogP contribution in [0, 0.1) is 5.92 Å². The van der Waals surface area contributed by atoms with Gasteiger partial charge in [0, 0.05) is 11.9 Å². The van der Waals surface area contributed by atoms with Crippen molar-refractivity contribution < 1.29 is 19.1 Å². The van der Waals surface area contributed by atoms with Gasteiger partial charge in [-0.15, -0.1) is 11.3 Å². The highest BCUT2D eigenvalue weighted by atomic mass is 32.1. The summed E-state index contributed by atoms with van der Waals surface area (Å²) in [6.07, 6.45) is 2.92. The van der Waals surface area contributed by atoms with E-state index in [1.165, 1.54) is 26.7 Å². The summed E-state index contributed by atoms with van der Waals surface area (Å²) in [5.41, 5.74) is 6.25. The van der Waals surface area contributed by atoms with E-state index in [1.54, 1.807) is 7.05 Å². The molecule has 1 aliphatic carbocycles. The van der Waals surface area contributed by atoms with E-state index in [1.807, 2.05) is 30.3 Å². The maximum absolute atomic E-state index is 12.4. The normalized spacial score (nSPS) is 19.8. The molecule has 154 valence electrons. The number of carbonyl (C=O) groups is 2. The molecule has 2 N–H and O–H groups in total. The zero-order valence-corrected chi connectivity index (χ0v) is 17.4. The Bertz CT molecular complexity index is 913. The Morgan fingerprint density at radius 1 is 1.24 bits per heavy atom. The Morgan fingerprint density at radius 2 is 2.03 bits per heavy atom. The number of thiophene rings is 1. The molecule has 0 bridgehead atoms. The van der Waals surface area contributed by atoms with Gasteiger partial charge in [-0.05, 0) is 48.9 Å². The van der Waals surface area contributed by atoms with E-state index in [0.29, 0.717) is 35.4 Å². The first-order chi connectivity index (χ1) is 14.0. The number of rotatable bonds is 3. The Balaban J connectivity index is 1.27. The zero-order valence-electron chi connectivity index (χ0n) is 16.6. The fourth-order valence-corrected chi connectivity index (χ4v) is 4.73. The molecule has 2 atom stereocenters. The van der Waals surface area contributed by atoms with E-state index in [4.69, 9.17) is 9.47 Å². The van der Waals surface area contributed by atoms with E-state index in [9.17, 15) is 9.59 Å². The lowest BCUT2D eigenvalue weighted by atomic mass is 9.90. The molecule has 2 aliphatic rings. The molecule has 8 heteroatoms. The number of aryl methyl sites for hydroxylation is 1. The van der Waals surface area contributed by atoms with Crippen LogP contribution in [-0.2, 0) is 12.8 Å². The van der Waals surface area contributed by atoms with Gasteiger partial charge in [0.1, 0.15) is 6.61 Å². The van der Waals surface area contributed by atoms with Crippen LogP contribution in [0.1, 0.15) is 33.5 Å². The van der Waals surface area contributed by atoms with E-state index in [2.05, 4.69) is 17.8 Å². The molecular weight excluding hydrogens is 390 g/mol. The Hall–Kier alpha value is -2.74. The standard InChI is InChI=1S/C21H25N3O4S/c1-13-7-8-18-14(9-13)10-19(29-18)20(25)22-23-21(26)24(2)11-15-12-27-16-5-3-4-6-17(16)28-15/h3-6,10,13,15H,7-9,11-12H2,1-2H3,(H,22,25)(H,23,26)/t13-,15+/m1/s1. The van der Waals surface area contributed by atoms with Crippen molar-refractivity contribution in [3.8, 4) is 11.5 Å². The van der Waals surface area contributed by atoms with E-state index in [0.717, 1.165) is 19.3 Å². The zero-order chi connectivity index (χ0) is 20.4. The SMILES string of the molecule is C[C@@H]1CCc2sc(C(=O)NNC(=O)N(C)C[C@H]3COc4ccccc4O3)cc2C1. The van der Waals surface area contributed by atoms with Crippen molar-refractivity contribution in [2.45, 2.75) is 32.3 Å². The first-order valence-corrected chi connectivity index (χ1v) is 10.6. The third-order valence-corrected chi connectivity index (χ3v) is 6.46. The number of nitrogens with one attached hydrogen (secondary N) is 2. The quantitative estimate of drug-likeness (QED) is 0.756. The minimum atomic E-state index is -0.407. The van der Waals surface area contributed by atoms with Crippen LogP contribution in [0.4, 0.5) is 4.79 Å². The maximum atomic E-state index is 12.4. The Labute approximate surface area is 174 Å². The second-order valence-electron chi connectivity index (χ2n) is 7.67. The Kier molecular flexibility index (Phi) is 5.62. The number of likely N-dealkylation sites (N-methyl/N-ethyl adjacent to an activating group) is 1. The van der Waals surface area contributed by atoms with Crippen LogP contribution in [0.2, 0.25) is 0 Å². The molecule has 0 unspecified atom stereocenters. The molecular formula is C21H25N3O4S. The molecule has 1 aromatic carbocycles. The number of hydrazine groups is 1. The van der Waals surface area contributed by atoms with Crippen LogP contribution in [0.3, 0.4) is 0 Å². The van der Waals surface area contributed by atoms with Crippen LogP contribution in [0.25, 0.3) is 0 Å². The van der Waals surface area contributed by atoms with E-state index >= 15 is 0 Å². The number of hydrogen-bond acceptors (Lipinski definition) is 5. The summed E-state index contributed by atoms with van der Waals surface area (Å²) in [5, 5.41) is 0. The minimum absolute atomic E-state index is 0.276. The van der Waals surface area contributed by atoms with Crippen LogP contribution in [-0.4, -0.2) is 43.1 Å². The van der Waals surface area contributed by atoms with Crippen LogP contribution >= 0.6 is 11.3 Å². The van der Waals surface area contributed by atoms with Crippen LogP contribution in [0.15, 0.2) is 30.3 Å². The summed E-state index contributed by atoms with van der Waals surface area (Å²) in [6, 6.07) is 8.99. The van der Waals surface area contributed by atoms with Crippen LogP contribution in [0.5, 0.6) is 11.5 Å². The average molecular weight is 416 g/mol. The number of nitrogens with zero attached hydrogens (tertiary/aromatic N) is 1. The highest BCUT2D eigenvalue weighted by Crippen LogP contribution is 2.32. The molecule has 3 amide bonds. The third-order valence-electron chi connectivity index (χ3n) is 5.23. The first kappa shape index (κ1) is 19.6. The fraction of sp³-hybridized carbons (Fsp3) is 0.429. The molecule has 2 aromatic rings. The van der Waals surface area contributed by atoms with Gasteiger partial charge in [0.25, 0.3) is 5.91 Å². The van der Waals surface area contributed by atoms with Gasteiger partial charge in [0.15, 0.2) is 17.6 Å². The molecule has 1 aliphatic heterocycles. The minimum Gasteiger partial charge on any atom is -0.486 e. The number of urea groups is 1. The van der Waals surface area contributed by atoms with Gasteiger partial charge < -0.3 is 14.4 Å². The van der Waals surface area contributed by atoms with Gasteiger partial charge in [0.05, 0.1) is 11.4 Å². The lowest BCUT2D eigenvalue weighted by Crippen LogP contribution is -2.50. The number of amides is 3. The molecule has 29 heavy (non-hydrogen) atoms. The molecule has 0 saturated carbocycles. The molecule has 0 fully saturated rings. The van der Waals surface area contributed by atoms with Crippen molar-refractivity contribution >= 4 is 23.3 Å². The highest BCUT2D eigenvalue weighted by molar-refractivity contribution is 7.14. The summed E-state index contributed by atoms with van der Waals surface area (Å²) in [7, 11) is 1.65. The number of ether oxygens (including phenoxy) is 2. The number of para-hydroxylation sites is 2. The van der Waals surface area contributed by atoms with E-state index < -0.39 is 6.03 Å². The predicted octanol–water partition coefficient (Wildman–Crippen LogP) is 3.00. The number of carbonyl (C=O) groups excluding carboxylic acids is 2. The monoisotopic (exact) mass is 415 g/mol. The van der Waals surface area contributed by atoms with Crippen molar-refractivity contribution in [3.05, 3.63) is 45.6 Å². The lowest BCUT2D eigenvalue weighted by molar-refractivity contribution is 0.0706. The van der Waals surface area contributed by atoms with Crippen molar-refractivity contribution in [1.82, 2.24) is 15.8 Å². The summed E-state index contributed by atoms with van der Waals surface area (Å²) in [6.45, 7) is 2.93. The van der Waals surface area contributed by atoms with Crippen LogP contribution < -0.4 is 20.3 Å². The van der Waals surface area contributed by atoms with Gasteiger partial charge in [-0.1, -0.05) is 19.1 Å². The van der Waals surface area contributed by atoms with E-state index in [-0.39, 0.29) is 12.0 Å². The largest absolute Gasteiger partial charge is 0.486 e. The molecule has 2 heterocycles. The molecule has 4 rings (SSSR count). The van der Waals surface area contributed by atoms with Crippen molar-refractivity contribution in [1.29, 1.82) is 0 Å². The first-order valence-electron chi connectivity index (χ1n) is 9.81. The highest BCUT2D eigenvalue weighted by Gasteiger charge is 2.24. The van der Waals surface area contributed by atoms with Crippen molar-refractivity contribution in [2.75, 3.05) is 20.2 Å². The molecule has 0 saturated heterocycles. The van der Waals surface area contributed by atoms with Gasteiger partial charge in [0.2, 0.25) is 0 Å². The fourth-order valence-electron chi connectivity index (χ4n) is 3.63. The number of fused-ring (bicyclic) bond motifs is 2. The summed E-state index contributed by atoms with van der Waals surface area (Å²) >= 11 is 1.51. The van der Waals surface area contributed by atoms with Gasteiger partial charge >= 0.3 is 6.03 Å². The second kappa shape index (κ2) is 8.32. The van der Waals surface area contributed by atoms with Gasteiger partial charge in [-0.25, -0.2) is 10.2 Å². The summed E-state index contributed by atoms with van der Waals surface area (Å²) in [4.78, 5) is 28.1. The topological polar surface area (TPSA) is 79.9 Å². The van der Waals surface area contributed by atoms with Gasteiger partial charge in [-0.2, -0.15) is 0 Å².